The molecule has 1 aliphatic rings. The lowest BCUT2D eigenvalue weighted by Gasteiger charge is -2.13. The molecule has 1 unspecified atom stereocenters. The van der Waals surface area contributed by atoms with Gasteiger partial charge in [-0.05, 0) is 24.1 Å². The number of allylic oxidation sites excluding steroid dienone is 1. The lowest BCUT2D eigenvalue weighted by Crippen LogP contribution is -2.01. The fourth-order valence-corrected chi connectivity index (χ4v) is 2.29. The highest BCUT2D eigenvalue weighted by Crippen LogP contribution is 2.42. The summed E-state index contributed by atoms with van der Waals surface area (Å²) in [5, 5.41) is 9.16. The maximum atomic E-state index is 11.2. The summed E-state index contributed by atoms with van der Waals surface area (Å²) in [6.07, 6.45) is 1.78. The summed E-state index contributed by atoms with van der Waals surface area (Å²) in [7, 11) is 1.61. The van der Waals surface area contributed by atoms with Gasteiger partial charge in [-0.15, -0.1) is 0 Å². The number of hydrogen-bond donors (Lipinski definition) is 1. The molecule has 1 atom stereocenters. The third-order valence-corrected chi connectivity index (χ3v) is 3.01. The summed E-state index contributed by atoms with van der Waals surface area (Å²) in [6.45, 7) is 3.91. The first-order valence-corrected chi connectivity index (χ1v) is 5.19. The van der Waals surface area contributed by atoms with Crippen LogP contribution in [0.25, 0.3) is 5.57 Å². The van der Waals surface area contributed by atoms with E-state index in [0.29, 0.717) is 5.57 Å². The average Bonchev–Trinajstić information content (AvgIpc) is 2.59. The molecule has 2 rings (SSSR count). The molecule has 1 N–H and O–H groups in total. The number of carbonyl (C=O) groups is 1. The van der Waals surface area contributed by atoms with E-state index in [2.05, 4.69) is 0 Å². The Morgan fingerprint density at radius 3 is 2.69 bits per heavy atom. The van der Waals surface area contributed by atoms with E-state index in [1.54, 1.807) is 13.2 Å². The van der Waals surface area contributed by atoms with Gasteiger partial charge in [0, 0.05) is 11.5 Å². The van der Waals surface area contributed by atoms with Gasteiger partial charge in [0.15, 0.2) is 0 Å². The Morgan fingerprint density at radius 2 is 2.12 bits per heavy atom. The lowest BCUT2D eigenvalue weighted by atomic mass is 9.96. The van der Waals surface area contributed by atoms with Crippen LogP contribution >= 0.6 is 0 Å². The Balaban J connectivity index is 2.70. The summed E-state index contributed by atoms with van der Waals surface area (Å²) in [5.41, 5.74) is 3.17. The third kappa shape index (κ3) is 1.40. The van der Waals surface area contributed by atoms with Crippen LogP contribution in [0.15, 0.2) is 18.2 Å². The summed E-state index contributed by atoms with van der Waals surface area (Å²) < 4.78 is 5.28. The first kappa shape index (κ1) is 10.7. The summed E-state index contributed by atoms with van der Waals surface area (Å²) in [6, 6.07) is 3.79. The predicted octanol–water partition coefficient (Wildman–Crippen LogP) is 2.59. The van der Waals surface area contributed by atoms with E-state index in [0.717, 1.165) is 22.4 Å². The van der Waals surface area contributed by atoms with Crippen LogP contribution in [-0.2, 0) is 4.79 Å². The fourth-order valence-electron chi connectivity index (χ4n) is 2.29. The zero-order valence-electron chi connectivity index (χ0n) is 9.57. The average molecular weight is 218 g/mol. The van der Waals surface area contributed by atoms with Crippen LogP contribution in [0.2, 0.25) is 0 Å². The molecule has 0 heterocycles. The van der Waals surface area contributed by atoms with Crippen molar-refractivity contribution in [2.24, 2.45) is 0 Å². The zero-order chi connectivity index (χ0) is 11.9. The normalized spacial score (nSPS) is 17.9. The van der Waals surface area contributed by atoms with E-state index in [1.165, 1.54) is 0 Å². The minimum atomic E-state index is -0.873. The first-order valence-electron chi connectivity index (χ1n) is 5.19. The van der Waals surface area contributed by atoms with Crippen molar-refractivity contribution in [2.45, 2.75) is 19.8 Å². The topological polar surface area (TPSA) is 46.5 Å². The van der Waals surface area contributed by atoms with Gasteiger partial charge in [-0.3, -0.25) is 0 Å². The van der Waals surface area contributed by atoms with E-state index < -0.39 is 5.97 Å². The summed E-state index contributed by atoms with van der Waals surface area (Å²) in [4.78, 5) is 11.2. The number of fused-ring (bicyclic) bond motifs is 1. The Morgan fingerprint density at radius 1 is 1.44 bits per heavy atom. The van der Waals surface area contributed by atoms with Crippen LogP contribution in [-0.4, -0.2) is 18.2 Å². The van der Waals surface area contributed by atoms with Crippen LogP contribution in [0.5, 0.6) is 5.75 Å². The number of rotatable bonds is 2. The highest BCUT2D eigenvalue weighted by atomic mass is 16.5. The molecule has 0 amide bonds. The van der Waals surface area contributed by atoms with Gasteiger partial charge in [0.1, 0.15) is 5.75 Å². The second-order valence-corrected chi connectivity index (χ2v) is 4.05. The van der Waals surface area contributed by atoms with Gasteiger partial charge in [0.25, 0.3) is 0 Å². The second-order valence-electron chi connectivity index (χ2n) is 4.05. The SMILES string of the molecule is COc1ccc(C)c2c1C(C)C=C2C(=O)O. The van der Waals surface area contributed by atoms with Crippen molar-refractivity contribution in [3.8, 4) is 5.75 Å². The second kappa shape index (κ2) is 3.67. The van der Waals surface area contributed by atoms with Gasteiger partial charge in [-0.1, -0.05) is 19.1 Å². The molecule has 0 aromatic heterocycles. The molecular formula is C13H14O3. The third-order valence-electron chi connectivity index (χ3n) is 3.01. The molecule has 1 aromatic rings. The van der Waals surface area contributed by atoms with Crippen LogP contribution in [0.4, 0.5) is 0 Å². The number of carboxylic acid groups (broad SMARTS) is 1. The number of methoxy groups -OCH3 is 1. The Hall–Kier alpha value is -1.77. The fraction of sp³-hybridized carbons (Fsp3) is 0.308. The molecule has 1 aromatic carbocycles. The van der Waals surface area contributed by atoms with E-state index in [4.69, 9.17) is 9.84 Å². The van der Waals surface area contributed by atoms with Gasteiger partial charge >= 0.3 is 5.97 Å². The van der Waals surface area contributed by atoms with E-state index >= 15 is 0 Å². The Labute approximate surface area is 94.4 Å². The molecule has 0 fully saturated rings. The van der Waals surface area contributed by atoms with Crippen molar-refractivity contribution >= 4 is 11.5 Å². The molecular weight excluding hydrogens is 204 g/mol. The van der Waals surface area contributed by atoms with Crippen LogP contribution < -0.4 is 4.74 Å². The molecule has 3 nitrogen and oxygen atoms in total. The minimum Gasteiger partial charge on any atom is -0.496 e. The molecule has 0 aliphatic heterocycles. The number of carboxylic acids is 1. The molecule has 0 radical (unpaired) electrons. The van der Waals surface area contributed by atoms with E-state index in [1.807, 2.05) is 26.0 Å². The van der Waals surface area contributed by atoms with Crippen molar-refractivity contribution in [2.75, 3.05) is 7.11 Å². The van der Waals surface area contributed by atoms with Crippen LogP contribution in [0.1, 0.15) is 29.5 Å². The standard InChI is InChI=1S/C13H14O3/c1-7-4-5-10(16-3)12-8(2)6-9(11(7)12)13(14)15/h4-6,8H,1-3H3,(H,14,15). The Kier molecular flexibility index (Phi) is 2.46. The minimum absolute atomic E-state index is 0.0935. The molecule has 0 saturated carbocycles. The van der Waals surface area contributed by atoms with Gasteiger partial charge in [0.2, 0.25) is 0 Å². The van der Waals surface area contributed by atoms with Crippen molar-refractivity contribution in [3.63, 3.8) is 0 Å². The number of ether oxygens (including phenoxy) is 1. The molecule has 0 bridgehead atoms. The molecule has 3 heteroatoms. The lowest BCUT2D eigenvalue weighted by molar-refractivity contribution is -0.130. The van der Waals surface area contributed by atoms with Crippen LogP contribution in [0, 0.1) is 6.92 Å². The molecule has 84 valence electrons. The monoisotopic (exact) mass is 218 g/mol. The summed E-state index contributed by atoms with van der Waals surface area (Å²) >= 11 is 0. The first-order chi connectivity index (χ1) is 7.56. The van der Waals surface area contributed by atoms with E-state index in [9.17, 15) is 4.79 Å². The molecule has 1 aliphatic carbocycles. The van der Waals surface area contributed by atoms with Crippen LogP contribution in [0.3, 0.4) is 0 Å². The maximum Gasteiger partial charge on any atom is 0.336 e. The van der Waals surface area contributed by atoms with Gasteiger partial charge in [-0.25, -0.2) is 4.79 Å². The quantitative estimate of drug-likeness (QED) is 0.829. The van der Waals surface area contributed by atoms with Gasteiger partial charge < -0.3 is 9.84 Å². The van der Waals surface area contributed by atoms with Crippen molar-refractivity contribution in [1.82, 2.24) is 0 Å². The van der Waals surface area contributed by atoms with Gasteiger partial charge in [-0.2, -0.15) is 0 Å². The highest BCUT2D eigenvalue weighted by Gasteiger charge is 2.28. The zero-order valence-corrected chi connectivity index (χ0v) is 9.57. The predicted molar refractivity (Wildman–Crippen MR) is 61.8 cm³/mol. The van der Waals surface area contributed by atoms with Crippen molar-refractivity contribution < 1.29 is 14.6 Å². The Bertz CT molecular complexity index is 486. The summed E-state index contributed by atoms with van der Waals surface area (Å²) in [5.74, 6) is -0.0153. The highest BCUT2D eigenvalue weighted by molar-refractivity contribution is 6.18. The maximum absolute atomic E-state index is 11.2. The smallest absolute Gasteiger partial charge is 0.336 e. The van der Waals surface area contributed by atoms with Crippen molar-refractivity contribution in [1.29, 1.82) is 0 Å². The number of benzene rings is 1. The molecule has 0 spiro atoms. The molecule has 16 heavy (non-hydrogen) atoms. The molecule has 0 saturated heterocycles. The van der Waals surface area contributed by atoms with Crippen molar-refractivity contribution in [3.05, 3.63) is 34.9 Å². The van der Waals surface area contributed by atoms with Gasteiger partial charge in [0.05, 0.1) is 12.7 Å². The van der Waals surface area contributed by atoms with E-state index in [-0.39, 0.29) is 5.92 Å². The number of aryl methyl sites for hydroxylation is 1. The number of hydrogen-bond acceptors (Lipinski definition) is 2. The number of aliphatic carboxylic acids is 1. The largest absolute Gasteiger partial charge is 0.496 e.